The lowest BCUT2D eigenvalue weighted by Gasteiger charge is -2.17. The molecule has 0 atom stereocenters. The summed E-state index contributed by atoms with van der Waals surface area (Å²) in [6, 6.07) is 4.25. The molecule has 0 saturated carbocycles. The van der Waals surface area contributed by atoms with Gasteiger partial charge in [0.25, 0.3) is 0 Å². The number of fused-ring (bicyclic) bond motifs is 1. The number of ether oxygens (including phenoxy) is 2. The van der Waals surface area contributed by atoms with Crippen LogP contribution in [-0.4, -0.2) is 35.6 Å². The Bertz CT molecular complexity index is 883. The average Bonchev–Trinajstić information content (AvgIpc) is 3.10. The smallest absolute Gasteiger partial charge is 0.150 e. The molecular weight excluding hydrogens is 382 g/mol. The third kappa shape index (κ3) is 4.75. The maximum Gasteiger partial charge on any atom is 0.150 e. The molecule has 0 amide bonds. The zero-order valence-electron chi connectivity index (χ0n) is 17.9. The summed E-state index contributed by atoms with van der Waals surface area (Å²) in [5.41, 5.74) is 6.05. The number of aromatic nitrogens is 2. The third-order valence-electron chi connectivity index (χ3n) is 5.33. The van der Waals surface area contributed by atoms with Crippen LogP contribution in [-0.2, 0) is 24.2 Å². The number of unbranched alkanes of at least 4 members (excludes halogenated alkanes) is 2. The van der Waals surface area contributed by atoms with E-state index in [0.717, 1.165) is 76.9 Å². The minimum Gasteiger partial charge on any atom is -0.496 e. The van der Waals surface area contributed by atoms with Crippen molar-refractivity contribution in [3.63, 3.8) is 0 Å². The maximum atomic E-state index is 5.72. The lowest BCUT2D eigenvalue weighted by Crippen LogP contribution is -2.12. The summed E-state index contributed by atoms with van der Waals surface area (Å²) in [6.07, 6.45) is 6.21. The summed E-state index contributed by atoms with van der Waals surface area (Å²) >= 11 is 5.51. The number of methoxy groups -OCH3 is 2. The molecule has 1 aliphatic rings. The number of benzene rings is 1. The SMILES string of the molecule is CCCCCNc1nc(CC)c(-c2cc3c(cc2OC)C(=S)CC3)nc1COC. The Balaban J connectivity index is 2.05. The molecule has 1 heterocycles. The highest BCUT2D eigenvalue weighted by atomic mass is 32.1. The fourth-order valence-electron chi connectivity index (χ4n) is 3.76. The van der Waals surface area contributed by atoms with Crippen molar-refractivity contribution >= 4 is 22.9 Å². The molecular formula is C23H31N3O2S. The lowest BCUT2D eigenvalue weighted by atomic mass is 10.0. The van der Waals surface area contributed by atoms with E-state index >= 15 is 0 Å². The predicted octanol–water partition coefficient (Wildman–Crippen LogP) is 5.13. The minimum atomic E-state index is 0.414. The van der Waals surface area contributed by atoms with Gasteiger partial charge in [0.2, 0.25) is 0 Å². The van der Waals surface area contributed by atoms with E-state index in [9.17, 15) is 0 Å². The van der Waals surface area contributed by atoms with Gasteiger partial charge in [-0.3, -0.25) is 0 Å². The van der Waals surface area contributed by atoms with Gasteiger partial charge in [-0.15, -0.1) is 0 Å². The number of hydrogen-bond donors (Lipinski definition) is 1. The first-order valence-electron chi connectivity index (χ1n) is 10.5. The van der Waals surface area contributed by atoms with Crippen LogP contribution < -0.4 is 10.1 Å². The van der Waals surface area contributed by atoms with Crippen LogP contribution in [0.1, 0.15) is 62.0 Å². The second kappa shape index (κ2) is 10.1. The molecule has 3 rings (SSSR count). The quantitative estimate of drug-likeness (QED) is 0.431. The maximum absolute atomic E-state index is 5.72. The van der Waals surface area contributed by atoms with E-state index in [1.165, 1.54) is 18.4 Å². The van der Waals surface area contributed by atoms with Crippen LogP contribution in [0.5, 0.6) is 5.75 Å². The van der Waals surface area contributed by atoms with E-state index in [0.29, 0.717) is 6.61 Å². The van der Waals surface area contributed by atoms with Gasteiger partial charge in [0, 0.05) is 24.1 Å². The standard InChI is InChI=1S/C23H31N3O2S/c1-5-7-8-11-24-23-19(14-27-3)25-22(18(6-2)26-23)17-12-15-9-10-21(29)16(15)13-20(17)28-4/h12-13H,5-11,14H2,1-4H3,(H,24,26). The lowest BCUT2D eigenvalue weighted by molar-refractivity contribution is 0.182. The van der Waals surface area contributed by atoms with Gasteiger partial charge in [0.1, 0.15) is 11.4 Å². The zero-order chi connectivity index (χ0) is 20.8. The van der Waals surface area contributed by atoms with Gasteiger partial charge in [-0.05, 0) is 48.9 Å². The predicted molar refractivity (Wildman–Crippen MR) is 122 cm³/mol. The Labute approximate surface area is 179 Å². The summed E-state index contributed by atoms with van der Waals surface area (Å²) in [5.74, 6) is 1.62. The van der Waals surface area contributed by atoms with E-state index in [2.05, 4.69) is 31.3 Å². The third-order valence-corrected chi connectivity index (χ3v) is 5.76. The number of rotatable bonds is 10. The summed E-state index contributed by atoms with van der Waals surface area (Å²) in [5, 5.41) is 3.46. The molecule has 0 saturated heterocycles. The van der Waals surface area contributed by atoms with Crippen LogP contribution in [0.3, 0.4) is 0 Å². The first-order chi connectivity index (χ1) is 14.1. The Hall–Kier alpha value is -2.05. The van der Waals surface area contributed by atoms with Gasteiger partial charge in [-0.25, -0.2) is 9.97 Å². The molecule has 1 N–H and O–H groups in total. The van der Waals surface area contributed by atoms with Crippen LogP contribution in [0.4, 0.5) is 5.82 Å². The fourth-order valence-corrected chi connectivity index (χ4v) is 4.05. The van der Waals surface area contributed by atoms with Crippen molar-refractivity contribution in [1.29, 1.82) is 0 Å². The molecule has 0 spiro atoms. The van der Waals surface area contributed by atoms with Crippen molar-refractivity contribution in [2.75, 3.05) is 26.1 Å². The first kappa shape index (κ1) is 21.7. The number of anilines is 1. The molecule has 0 fully saturated rings. The molecule has 1 aromatic heterocycles. The molecule has 2 aromatic rings. The van der Waals surface area contributed by atoms with Crippen molar-refractivity contribution in [2.24, 2.45) is 0 Å². The Kier molecular flexibility index (Phi) is 7.56. The molecule has 156 valence electrons. The Morgan fingerprint density at radius 1 is 1.03 bits per heavy atom. The fraction of sp³-hybridized carbons (Fsp3) is 0.522. The van der Waals surface area contributed by atoms with E-state index < -0.39 is 0 Å². The molecule has 5 nitrogen and oxygen atoms in total. The van der Waals surface area contributed by atoms with Gasteiger partial charge >= 0.3 is 0 Å². The van der Waals surface area contributed by atoms with Gasteiger partial charge in [-0.1, -0.05) is 38.9 Å². The highest BCUT2D eigenvalue weighted by Crippen LogP contribution is 2.37. The number of nitrogens with one attached hydrogen (secondary N) is 1. The molecule has 0 radical (unpaired) electrons. The Morgan fingerprint density at radius 3 is 2.55 bits per heavy atom. The van der Waals surface area contributed by atoms with Gasteiger partial charge in [-0.2, -0.15) is 0 Å². The molecule has 1 aliphatic carbocycles. The van der Waals surface area contributed by atoms with Crippen LogP contribution in [0.25, 0.3) is 11.3 Å². The van der Waals surface area contributed by atoms with Gasteiger partial charge < -0.3 is 14.8 Å². The summed E-state index contributed by atoms with van der Waals surface area (Å²) in [4.78, 5) is 10.9. The zero-order valence-corrected chi connectivity index (χ0v) is 18.7. The van der Waals surface area contributed by atoms with Crippen molar-refractivity contribution < 1.29 is 9.47 Å². The molecule has 6 heteroatoms. The second-order valence-electron chi connectivity index (χ2n) is 7.37. The molecule has 29 heavy (non-hydrogen) atoms. The molecule has 1 aromatic carbocycles. The highest BCUT2D eigenvalue weighted by molar-refractivity contribution is 7.80. The number of hydrogen-bond acceptors (Lipinski definition) is 6. The average molecular weight is 414 g/mol. The Morgan fingerprint density at radius 2 is 1.86 bits per heavy atom. The van der Waals surface area contributed by atoms with Crippen molar-refractivity contribution in [3.8, 4) is 17.0 Å². The topological polar surface area (TPSA) is 56.3 Å². The summed E-state index contributed by atoms with van der Waals surface area (Å²) in [7, 11) is 3.38. The van der Waals surface area contributed by atoms with Crippen LogP contribution in [0, 0.1) is 0 Å². The summed E-state index contributed by atoms with van der Waals surface area (Å²) < 4.78 is 11.1. The number of thiocarbonyl (C=S) groups is 1. The molecule has 0 bridgehead atoms. The molecule has 0 unspecified atom stereocenters. The first-order valence-corrected chi connectivity index (χ1v) is 10.9. The van der Waals surface area contributed by atoms with Crippen molar-refractivity contribution in [3.05, 3.63) is 34.6 Å². The van der Waals surface area contributed by atoms with E-state index in [1.54, 1.807) is 14.2 Å². The van der Waals surface area contributed by atoms with Crippen LogP contribution >= 0.6 is 12.2 Å². The van der Waals surface area contributed by atoms with Crippen molar-refractivity contribution in [2.45, 2.75) is 59.0 Å². The van der Waals surface area contributed by atoms with Gasteiger partial charge in [0.05, 0.1) is 25.1 Å². The second-order valence-corrected chi connectivity index (χ2v) is 7.86. The van der Waals surface area contributed by atoms with E-state index in [4.69, 9.17) is 31.7 Å². The monoisotopic (exact) mass is 413 g/mol. The van der Waals surface area contributed by atoms with Crippen LogP contribution in [0.2, 0.25) is 0 Å². The van der Waals surface area contributed by atoms with E-state index in [1.807, 2.05) is 0 Å². The highest BCUT2D eigenvalue weighted by Gasteiger charge is 2.23. The van der Waals surface area contributed by atoms with Gasteiger partial charge in [0.15, 0.2) is 5.82 Å². The number of aryl methyl sites for hydroxylation is 2. The molecule has 0 aliphatic heterocycles. The van der Waals surface area contributed by atoms with Crippen molar-refractivity contribution in [1.82, 2.24) is 9.97 Å². The largest absolute Gasteiger partial charge is 0.496 e. The summed E-state index contributed by atoms with van der Waals surface area (Å²) in [6.45, 7) is 5.62. The van der Waals surface area contributed by atoms with Crippen LogP contribution in [0.15, 0.2) is 12.1 Å². The minimum absolute atomic E-state index is 0.414. The number of nitrogens with zero attached hydrogens (tertiary/aromatic N) is 2. The normalized spacial score (nSPS) is 12.9. The van der Waals surface area contributed by atoms with E-state index in [-0.39, 0.29) is 0 Å².